The Balaban J connectivity index is 4.05. The SMILES string of the molecule is CCN(CC(=O)N(C)C)C(=O)NCCCC(C)C(=O)O. The second-order valence-corrected chi connectivity index (χ2v) is 4.92. The summed E-state index contributed by atoms with van der Waals surface area (Å²) in [6.45, 7) is 4.33. The Bertz CT molecular complexity index is 345. The zero-order valence-corrected chi connectivity index (χ0v) is 12.7. The van der Waals surface area contributed by atoms with Gasteiger partial charge >= 0.3 is 12.0 Å². The van der Waals surface area contributed by atoms with Crippen molar-refractivity contribution in [3.8, 4) is 0 Å². The second-order valence-electron chi connectivity index (χ2n) is 4.92. The minimum Gasteiger partial charge on any atom is -0.481 e. The highest BCUT2D eigenvalue weighted by Gasteiger charge is 2.16. The highest BCUT2D eigenvalue weighted by molar-refractivity contribution is 5.83. The predicted octanol–water partition coefficient (Wildman–Crippen LogP) is 0.607. The van der Waals surface area contributed by atoms with Gasteiger partial charge in [0, 0.05) is 27.2 Å². The highest BCUT2D eigenvalue weighted by atomic mass is 16.4. The number of hydrogen-bond donors (Lipinski definition) is 2. The van der Waals surface area contributed by atoms with Crippen LogP contribution >= 0.6 is 0 Å². The number of urea groups is 1. The highest BCUT2D eigenvalue weighted by Crippen LogP contribution is 2.04. The van der Waals surface area contributed by atoms with Crippen LogP contribution < -0.4 is 5.32 Å². The van der Waals surface area contributed by atoms with E-state index in [1.807, 2.05) is 0 Å². The van der Waals surface area contributed by atoms with Crippen LogP contribution in [0.25, 0.3) is 0 Å². The molecule has 0 aromatic heterocycles. The largest absolute Gasteiger partial charge is 0.481 e. The summed E-state index contributed by atoms with van der Waals surface area (Å²) >= 11 is 0. The van der Waals surface area contributed by atoms with Crippen molar-refractivity contribution in [2.24, 2.45) is 5.92 Å². The fourth-order valence-electron chi connectivity index (χ4n) is 1.47. The van der Waals surface area contributed by atoms with Gasteiger partial charge in [-0.05, 0) is 19.8 Å². The van der Waals surface area contributed by atoms with Crippen LogP contribution in [-0.4, -0.2) is 66.5 Å². The van der Waals surface area contributed by atoms with E-state index >= 15 is 0 Å². The van der Waals surface area contributed by atoms with Gasteiger partial charge in [0.15, 0.2) is 0 Å². The number of likely N-dealkylation sites (N-methyl/N-ethyl adjacent to an activating group) is 2. The summed E-state index contributed by atoms with van der Waals surface area (Å²) in [6, 6.07) is -0.300. The van der Waals surface area contributed by atoms with Crippen molar-refractivity contribution in [2.45, 2.75) is 26.7 Å². The number of nitrogens with one attached hydrogen (secondary N) is 1. The normalized spacial score (nSPS) is 11.6. The van der Waals surface area contributed by atoms with Gasteiger partial charge in [-0.1, -0.05) is 6.92 Å². The summed E-state index contributed by atoms with van der Waals surface area (Å²) in [5.41, 5.74) is 0. The monoisotopic (exact) mass is 287 g/mol. The molecule has 0 aromatic rings. The Morgan fingerprint density at radius 3 is 2.30 bits per heavy atom. The first-order valence-corrected chi connectivity index (χ1v) is 6.75. The first-order valence-electron chi connectivity index (χ1n) is 6.75. The summed E-state index contributed by atoms with van der Waals surface area (Å²) in [5.74, 6) is -1.38. The van der Waals surface area contributed by atoms with Crippen LogP contribution in [-0.2, 0) is 9.59 Å². The lowest BCUT2D eigenvalue weighted by atomic mass is 10.1. The third-order valence-corrected chi connectivity index (χ3v) is 3.01. The van der Waals surface area contributed by atoms with Gasteiger partial charge in [0.2, 0.25) is 5.91 Å². The number of carboxylic acids is 1. The molecule has 1 unspecified atom stereocenters. The molecule has 0 bridgehead atoms. The third-order valence-electron chi connectivity index (χ3n) is 3.01. The van der Waals surface area contributed by atoms with Crippen molar-refractivity contribution >= 4 is 17.9 Å². The van der Waals surface area contributed by atoms with Gasteiger partial charge in [-0.15, -0.1) is 0 Å². The molecule has 1 atom stereocenters. The molecule has 0 heterocycles. The van der Waals surface area contributed by atoms with Gasteiger partial charge in [0.1, 0.15) is 6.54 Å². The maximum absolute atomic E-state index is 11.8. The standard InChI is InChI=1S/C13H25N3O4/c1-5-16(9-11(17)15(3)4)13(20)14-8-6-7-10(2)12(18)19/h10H,5-9H2,1-4H3,(H,14,20)(H,18,19). The summed E-state index contributed by atoms with van der Waals surface area (Å²) in [7, 11) is 3.28. The second kappa shape index (κ2) is 9.17. The lowest BCUT2D eigenvalue weighted by Crippen LogP contribution is -2.45. The number of rotatable bonds is 8. The van der Waals surface area contributed by atoms with Crippen molar-refractivity contribution in [1.82, 2.24) is 15.1 Å². The Labute approximate surface area is 119 Å². The number of nitrogens with zero attached hydrogens (tertiary/aromatic N) is 2. The average molecular weight is 287 g/mol. The molecule has 0 aromatic carbocycles. The van der Waals surface area contributed by atoms with Gasteiger partial charge in [-0.25, -0.2) is 4.79 Å². The maximum Gasteiger partial charge on any atom is 0.317 e. The molecule has 0 aliphatic heterocycles. The van der Waals surface area contributed by atoms with E-state index in [1.54, 1.807) is 27.9 Å². The number of carbonyl (C=O) groups is 3. The predicted molar refractivity (Wildman–Crippen MR) is 75.4 cm³/mol. The molecule has 0 aliphatic rings. The van der Waals surface area contributed by atoms with E-state index in [0.717, 1.165) is 0 Å². The number of carbonyl (C=O) groups excluding carboxylic acids is 2. The molecular formula is C13H25N3O4. The van der Waals surface area contributed by atoms with Crippen LogP contribution in [0.15, 0.2) is 0 Å². The Kier molecular flexibility index (Phi) is 8.35. The van der Waals surface area contributed by atoms with Crippen LogP contribution in [0, 0.1) is 5.92 Å². The van der Waals surface area contributed by atoms with E-state index < -0.39 is 11.9 Å². The minimum absolute atomic E-state index is 0.0425. The molecule has 0 rings (SSSR count). The van der Waals surface area contributed by atoms with Crippen molar-refractivity contribution in [2.75, 3.05) is 33.7 Å². The number of amides is 3. The zero-order chi connectivity index (χ0) is 15.7. The fourth-order valence-corrected chi connectivity index (χ4v) is 1.47. The van der Waals surface area contributed by atoms with E-state index in [4.69, 9.17) is 5.11 Å². The van der Waals surface area contributed by atoms with E-state index in [1.165, 1.54) is 9.80 Å². The van der Waals surface area contributed by atoms with Gasteiger partial charge in [0.25, 0.3) is 0 Å². The lowest BCUT2D eigenvalue weighted by molar-refractivity contribution is -0.141. The molecule has 0 saturated heterocycles. The quantitative estimate of drug-likeness (QED) is 0.640. The topological polar surface area (TPSA) is 90.0 Å². The molecule has 2 N–H and O–H groups in total. The molecule has 116 valence electrons. The molecule has 0 radical (unpaired) electrons. The van der Waals surface area contributed by atoms with Crippen molar-refractivity contribution in [3.63, 3.8) is 0 Å². The van der Waals surface area contributed by atoms with Crippen LogP contribution in [0.4, 0.5) is 4.79 Å². The minimum atomic E-state index is -0.830. The molecule has 0 fully saturated rings. The fraction of sp³-hybridized carbons (Fsp3) is 0.769. The van der Waals surface area contributed by atoms with E-state index in [0.29, 0.717) is 25.9 Å². The molecule has 0 spiro atoms. The molecule has 7 nitrogen and oxygen atoms in total. The summed E-state index contributed by atoms with van der Waals surface area (Å²) in [5, 5.41) is 11.4. The lowest BCUT2D eigenvalue weighted by Gasteiger charge is -2.22. The molecule has 0 aliphatic carbocycles. The Morgan fingerprint density at radius 1 is 1.25 bits per heavy atom. The van der Waals surface area contributed by atoms with Gasteiger partial charge in [-0.2, -0.15) is 0 Å². The zero-order valence-electron chi connectivity index (χ0n) is 12.7. The van der Waals surface area contributed by atoms with Crippen molar-refractivity contribution in [1.29, 1.82) is 0 Å². The Hall–Kier alpha value is -1.79. The number of carboxylic acid groups (broad SMARTS) is 1. The molecule has 3 amide bonds. The first-order chi connectivity index (χ1) is 9.29. The van der Waals surface area contributed by atoms with E-state index in [-0.39, 0.29) is 18.5 Å². The maximum atomic E-state index is 11.8. The summed E-state index contributed by atoms with van der Waals surface area (Å²) in [6.07, 6.45) is 1.11. The molecular weight excluding hydrogens is 262 g/mol. The molecule has 0 saturated carbocycles. The van der Waals surface area contributed by atoms with Gasteiger partial charge in [-0.3, -0.25) is 9.59 Å². The van der Waals surface area contributed by atoms with Gasteiger partial charge < -0.3 is 20.2 Å². The molecule has 7 heteroatoms. The Morgan fingerprint density at radius 2 is 1.85 bits per heavy atom. The summed E-state index contributed by atoms with van der Waals surface area (Å²) in [4.78, 5) is 36.9. The van der Waals surface area contributed by atoms with Crippen LogP contribution in [0.3, 0.4) is 0 Å². The first kappa shape index (κ1) is 18.2. The third kappa shape index (κ3) is 6.96. The van der Waals surface area contributed by atoms with Crippen LogP contribution in [0.5, 0.6) is 0 Å². The summed E-state index contributed by atoms with van der Waals surface area (Å²) < 4.78 is 0. The van der Waals surface area contributed by atoms with Crippen LogP contribution in [0.2, 0.25) is 0 Å². The average Bonchev–Trinajstić information content (AvgIpc) is 2.39. The van der Waals surface area contributed by atoms with Gasteiger partial charge in [0.05, 0.1) is 5.92 Å². The smallest absolute Gasteiger partial charge is 0.317 e. The van der Waals surface area contributed by atoms with E-state index in [2.05, 4.69) is 5.32 Å². The van der Waals surface area contributed by atoms with Crippen molar-refractivity contribution < 1.29 is 19.5 Å². The molecule has 20 heavy (non-hydrogen) atoms. The number of aliphatic carboxylic acids is 1. The number of hydrogen-bond acceptors (Lipinski definition) is 3. The van der Waals surface area contributed by atoms with Crippen LogP contribution in [0.1, 0.15) is 26.7 Å². The van der Waals surface area contributed by atoms with Crippen molar-refractivity contribution in [3.05, 3.63) is 0 Å². The van der Waals surface area contributed by atoms with E-state index in [9.17, 15) is 14.4 Å².